The molecule has 3 heterocycles. The first-order chi connectivity index (χ1) is 17.3. The highest BCUT2D eigenvalue weighted by molar-refractivity contribution is 7.80. The molecule has 0 amide bonds. The van der Waals surface area contributed by atoms with Crippen molar-refractivity contribution < 1.29 is 0 Å². The first-order valence-corrected chi connectivity index (χ1v) is 13.0. The molecule has 4 aromatic rings. The number of thiocarbonyl (C=S) groups is 1. The molecule has 0 unspecified atom stereocenters. The van der Waals surface area contributed by atoms with Crippen molar-refractivity contribution in [2.45, 2.75) is 59.5 Å². The van der Waals surface area contributed by atoms with Crippen LogP contribution >= 0.6 is 12.2 Å². The highest BCUT2D eigenvalue weighted by Gasteiger charge is 2.42. The molecule has 2 aromatic carbocycles. The van der Waals surface area contributed by atoms with E-state index in [2.05, 4.69) is 111 Å². The van der Waals surface area contributed by atoms with E-state index in [1.165, 1.54) is 39.3 Å². The molecule has 1 fully saturated rings. The second-order valence-electron chi connectivity index (χ2n) is 10.1. The van der Waals surface area contributed by atoms with Crippen molar-refractivity contribution in [1.29, 1.82) is 0 Å². The number of aromatic nitrogens is 2. The smallest absolute Gasteiger partial charge is 0.174 e. The highest BCUT2D eigenvalue weighted by atomic mass is 32.1. The molecule has 0 bridgehead atoms. The van der Waals surface area contributed by atoms with E-state index in [9.17, 15) is 0 Å². The summed E-state index contributed by atoms with van der Waals surface area (Å²) in [6, 6.07) is 23.7. The van der Waals surface area contributed by atoms with E-state index in [-0.39, 0.29) is 12.1 Å². The van der Waals surface area contributed by atoms with Gasteiger partial charge in [-0.15, -0.1) is 0 Å². The minimum Gasteiger partial charge on any atom is -0.351 e. The average Bonchev–Trinajstić information content (AvgIpc) is 3.36. The first kappa shape index (κ1) is 24.3. The summed E-state index contributed by atoms with van der Waals surface area (Å²) >= 11 is 5.96. The Hall–Kier alpha value is -3.44. The summed E-state index contributed by atoms with van der Waals surface area (Å²) in [5.41, 5.74) is 10.9. The Bertz CT molecular complexity index is 1400. The van der Waals surface area contributed by atoms with Crippen LogP contribution < -0.4 is 10.2 Å². The van der Waals surface area contributed by atoms with Crippen LogP contribution in [0.25, 0.3) is 5.69 Å². The number of nitrogens with one attached hydrogen (secondary N) is 1. The molecule has 1 aliphatic heterocycles. The van der Waals surface area contributed by atoms with Gasteiger partial charge in [0.15, 0.2) is 5.11 Å². The van der Waals surface area contributed by atoms with Gasteiger partial charge in [0.2, 0.25) is 0 Å². The van der Waals surface area contributed by atoms with Gasteiger partial charge >= 0.3 is 0 Å². The monoisotopic (exact) mass is 494 g/mol. The van der Waals surface area contributed by atoms with E-state index < -0.39 is 0 Å². The van der Waals surface area contributed by atoms with Crippen LogP contribution in [0.1, 0.15) is 71.2 Å². The molecular formula is C31H34N4S. The summed E-state index contributed by atoms with van der Waals surface area (Å²) in [7, 11) is 0. The summed E-state index contributed by atoms with van der Waals surface area (Å²) in [4.78, 5) is 7.00. The molecule has 0 aliphatic carbocycles. The predicted octanol–water partition coefficient (Wildman–Crippen LogP) is 7.41. The second kappa shape index (κ2) is 9.55. The van der Waals surface area contributed by atoms with Crippen molar-refractivity contribution in [3.8, 4) is 5.69 Å². The van der Waals surface area contributed by atoms with Gasteiger partial charge in [0.25, 0.3) is 0 Å². The maximum atomic E-state index is 5.96. The van der Waals surface area contributed by atoms with Crippen LogP contribution in [0.3, 0.4) is 0 Å². The Balaban J connectivity index is 1.68. The van der Waals surface area contributed by atoms with Crippen LogP contribution in [0.2, 0.25) is 0 Å². The summed E-state index contributed by atoms with van der Waals surface area (Å²) < 4.78 is 2.38. The molecule has 0 radical (unpaired) electrons. The van der Waals surface area contributed by atoms with E-state index in [0.29, 0.717) is 5.92 Å². The normalized spacial score (nSPS) is 17.6. The number of nitrogens with zero attached hydrogens (tertiary/aromatic N) is 3. The van der Waals surface area contributed by atoms with Crippen LogP contribution in [0.5, 0.6) is 0 Å². The Morgan fingerprint density at radius 2 is 1.67 bits per heavy atom. The van der Waals surface area contributed by atoms with E-state index in [1.54, 1.807) is 0 Å². The van der Waals surface area contributed by atoms with Gasteiger partial charge in [0, 0.05) is 29.0 Å². The molecular weight excluding hydrogens is 460 g/mol. The number of benzene rings is 2. The van der Waals surface area contributed by atoms with Crippen molar-refractivity contribution in [2.75, 3.05) is 4.90 Å². The van der Waals surface area contributed by atoms with Crippen LogP contribution in [-0.4, -0.2) is 14.7 Å². The molecule has 184 valence electrons. The zero-order valence-electron chi connectivity index (χ0n) is 21.9. The number of aryl methyl sites for hydroxylation is 2. The van der Waals surface area contributed by atoms with Gasteiger partial charge in [0.1, 0.15) is 0 Å². The minimum absolute atomic E-state index is 0.0256. The van der Waals surface area contributed by atoms with Crippen molar-refractivity contribution in [3.63, 3.8) is 0 Å². The fraction of sp³-hybridized carbons (Fsp3) is 0.290. The van der Waals surface area contributed by atoms with E-state index in [4.69, 9.17) is 17.2 Å². The predicted molar refractivity (Wildman–Crippen MR) is 153 cm³/mol. The maximum Gasteiger partial charge on any atom is 0.174 e. The van der Waals surface area contributed by atoms with E-state index in [1.807, 2.05) is 18.3 Å². The van der Waals surface area contributed by atoms with Gasteiger partial charge in [-0.1, -0.05) is 44.2 Å². The van der Waals surface area contributed by atoms with Crippen molar-refractivity contribution in [1.82, 2.24) is 14.9 Å². The molecule has 5 rings (SSSR count). The third-order valence-corrected chi connectivity index (χ3v) is 7.86. The molecule has 1 N–H and O–H groups in total. The molecule has 0 saturated carbocycles. The Morgan fingerprint density at radius 3 is 2.33 bits per heavy atom. The fourth-order valence-electron chi connectivity index (χ4n) is 5.40. The molecule has 1 aliphatic rings. The first-order valence-electron chi connectivity index (χ1n) is 12.6. The van der Waals surface area contributed by atoms with Crippen molar-refractivity contribution >= 4 is 23.0 Å². The van der Waals surface area contributed by atoms with Gasteiger partial charge in [-0.2, -0.15) is 0 Å². The van der Waals surface area contributed by atoms with E-state index >= 15 is 0 Å². The minimum atomic E-state index is -0.0592. The molecule has 5 heteroatoms. The summed E-state index contributed by atoms with van der Waals surface area (Å²) in [6.07, 6.45) is 1.86. The zero-order valence-corrected chi connectivity index (χ0v) is 22.7. The largest absolute Gasteiger partial charge is 0.351 e. The lowest BCUT2D eigenvalue weighted by molar-refractivity contribution is 0.565. The lowest BCUT2D eigenvalue weighted by Gasteiger charge is -2.28. The van der Waals surface area contributed by atoms with Crippen LogP contribution in [0.4, 0.5) is 5.69 Å². The summed E-state index contributed by atoms with van der Waals surface area (Å²) in [6.45, 7) is 13.2. The summed E-state index contributed by atoms with van der Waals surface area (Å²) in [5, 5.41) is 4.33. The average molecular weight is 495 g/mol. The molecule has 4 nitrogen and oxygen atoms in total. The fourth-order valence-corrected chi connectivity index (χ4v) is 5.75. The number of anilines is 1. The third kappa shape index (κ3) is 4.11. The highest BCUT2D eigenvalue weighted by Crippen LogP contribution is 2.44. The quantitative estimate of drug-likeness (QED) is 0.293. The van der Waals surface area contributed by atoms with Crippen LogP contribution in [0, 0.1) is 27.7 Å². The van der Waals surface area contributed by atoms with Gasteiger partial charge in [0.05, 0.1) is 17.8 Å². The Morgan fingerprint density at radius 1 is 0.917 bits per heavy atom. The Kier molecular flexibility index (Phi) is 6.44. The molecule has 0 spiro atoms. The van der Waals surface area contributed by atoms with Gasteiger partial charge in [-0.3, -0.25) is 4.98 Å². The van der Waals surface area contributed by atoms with Gasteiger partial charge in [-0.25, -0.2) is 0 Å². The van der Waals surface area contributed by atoms with Crippen LogP contribution in [-0.2, 0) is 0 Å². The topological polar surface area (TPSA) is 33.1 Å². The van der Waals surface area contributed by atoms with E-state index in [0.717, 1.165) is 16.5 Å². The maximum absolute atomic E-state index is 5.96. The van der Waals surface area contributed by atoms with Crippen molar-refractivity contribution in [2.24, 2.45) is 0 Å². The SMILES string of the molecule is Cc1cccc(-n2c(C)cc([C@@H]3[C@@H](c4ccccn4)NC(=S)N3c3ccc(C(C)C)cc3)c2C)c1C. The number of rotatable bonds is 5. The number of hydrogen-bond acceptors (Lipinski definition) is 2. The standard InChI is InChI=1S/C31H34N4S/c1-19(2)24-13-15-25(16-14-24)35-30(29(33-31(35)36)27-11-7-8-17-32-27)26-18-21(4)34(23(26)6)28-12-9-10-20(3)22(28)5/h7-19,29-30H,1-6H3,(H,33,36)/t29-,30-/m1/s1. The zero-order chi connectivity index (χ0) is 25.6. The van der Waals surface area contributed by atoms with Gasteiger partial charge in [-0.05, 0) is 104 Å². The molecule has 2 atom stereocenters. The lowest BCUT2D eigenvalue weighted by Crippen LogP contribution is -2.29. The lowest BCUT2D eigenvalue weighted by atomic mass is 9.96. The molecule has 1 saturated heterocycles. The second-order valence-corrected chi connectivity index (χ2v) is 10.5. The third-order valence-electron chi connectivity index (χ3n) is 7.54. The molecule has 2 aromatic heterocycles. The summed E-state index contributed by atoms with van der Waals surface area (Å²) in [5.74, 6) is 0.483. The Labute approximate surface area is 220 Å². The van der Waals surface area contributed by atoms with Gasteiger partial charge < -0.3 is 14.8 Å². The number of hydrogen-bond donors (Lipinski definition) is 1. The molecule has 36 heavy (non-hydrogen) atoms. The van der Waals surface area contributed by atoms with Crippen molar-refractivity contribution in [3.05, 3.63) is 112 Å². The number of pyridine rings is 1. The van der Waals surface area contributed by atoms with Crippen LogP contribution in [0.15, 0.2) is 72.9 Å².